The smallest absolute Gasteiger partial charge is 0.0236 e. The maximum absolute atomic E-state index is 3.84. The van der Waals surface area contributed by atoms with Crippen molar-refractivity contribution in [2.24, 2.45) is 0 Å². The summed E-state index contributed by atoms with van der Waals surface area (Å²) in [7, 11) is 0. The highest BCUT2D eigenvalue weighted by atomic mass is 14.0. The Balaban J connectivity index is 4.25. The van der Waals surface area contributed by atoms with Gasteiger partial charge in [0.15, 0.2) is 0 Å². The van der Waals surface area contributed by atoms with E-state index in [0.717, 1.165) is 24.0 Å². The molecule has 0 amide bonds. The second kappa shape index (κ2) is 5.72. The minimum Gasteiger partial charge on any atom is -0.0985 e. The van der Waals surface area contributed by atoms with Crippen LogP contribution in [0.1, 0.15) is 19.8 Å². The summed E-state index contributed by atoms with van der Waals surface area (Å²) < 4.78 is 0. The molecule has 0 radical (unpaired) electrons. The summed E-state index contributed by atoms with van der Waals surface area (Å²) in [4.78, 5) is 0. The highest BCUT2D eigenvalue weighted by Gasteiger charge is 1.91. The Hall–Kier alpha value is -1.04. The molecule has 0 heteroatoms. The van der Waals surface area contributed by atoms with E-state index in [1.165, 1.54) is 0 Å². The summed E-state index contributed by atoms with van der Waals surface area (Å²) in [5.74, 6) is 0. The molecule has 0 aromatic carbocycles. The van der Waals surface area contributed by atoms with E-state index in [2.05, 4.69) is 32.7 Å². The van der Waals surface area contributed by atoms with Gasteiger partial charge >= 0.3 is 0 Å². The van der Waals surface area contributed by atoms with E-state index in [1.54, 1.807) is 6.08 Å². The van der Waals surface area contributed by atoms with Crippen molar-refractivity contribution in [2.75, 3.05) is 0 Å². The first-order valence-corrected chi connectivity index (χ1v) is 3.90. The number of allylic oxidation sites excluding steroid dienone is 5. The molecule has 0 rings (SSSR count). The van der Waals surface area contributed by atoms with E-state index in [0.29, 0.717) is 0 Å². The topological polar surface area (TPSA) is 0 Å². The van der Waals surface area contributed by atoms with Crippen molar-refractivity contribution in [3.8, 4) is 0 Å². The fraction of sp³-hybridized carbons (Fsp3) is 0.273. The van der Waals surface area contributed by atoms with Gasteiger partial charge in [0.25, 0.3) is 0 Å². The van der Waals surface area contributed by atoms with Crippen LogP contribution in [0.5, 0.6) is 0 Å². The first-order chi connectivity index (χ1) is 5.26. The van der Waals surface area contributed by atoms with E-state index in [-0.39, 0.29) is 0 Å². The molecule has 0 unspecified atom stereocenters. The molecule has 0 fully saturated rings. The predicted octanol–water partition coefficient (Wildman–Crippen LogP) is 3.64. The van der Waals surface area contributed by atoms with Gasteiger partial charge in [-0.05, 0) is 17.6 Å². The zero-order valence-electron chi connectivity index (χ0n) is 7.27. The van der Waals surface area contributed by atoms with Gasteiger partial charge in [-0.2, -0.15) is 0 Å². The van der Waals surface area contributed by atoms with E-state index >= 15 is 0 Å². The molecule has 0 aromatic rings. The standard InChI is InChI=1S/C11H16/c1-5-8-9-11(7-3)10(4)6-2/h6-7,9H,2-5,8H2,1H3/b11-9-. The molecular weight excluding hydrogens is 132 g/mol. The molecule has 0 saturated heterocycles. The minimum atomic E-state index is 0.952. The lowest BCUT2D eigenvalue weighted by atomic mass is 10.1. The van der Waals surface area contributed by atoms with Gasteiger partial charge in [0, 0.05) is 0 Å². The molecule has 0 aliphatic rings. The quantitative estimate of drug-likeness (QED) is 0.522. The Kier molecular flexibility index (Phi) is 5.18. The third-order valence-corrected chi connectivity index (χ3v) is 1.49. The lowest BCUT2D eigenvalue weighted by molar-refractivity contribution is 0.954. The number of hydrogen-bond donors (Lipinski definition) is 0. The summed E-state index contributed by atoms with van der Waals surface area (Å²) in [5.41, 5.74) is 2.05. The summed E-state index contributed by atoms with van der Waals surface area (Å²) in [6, 6.07) is 0. The average Bonchev–Trinajstić information content (AvgIpc) is 2.05. The number of hydrogen-bond acceptors (Lipinski definition) is 0. The van der Waals surface area contributed by atoms with Gasteiger partial charge in [-0.3, -0.25) is 0 Å². The third-order valence-electron chi connectivity index (χ3n) is 1.49. The van der Waals surface area contributed by atoms with Crippen molar-refractivity contribution in [2.45, 2.75) is 19.8 Å². The van der Waals surface area contributed by atoms with Crippen LogP contribution in [0, 0.1) is 0 Å². The van der Waals surface area contributed by atoms with Crippen LogP contribution in [0.15, 0.2) is 49.1 Å². The molecule has 60 valence electrons. The van der Waals surface area contributed by atoms with Crippen molar-refractivity contribution in [1.29, 1.82) is 0 Å². The van der Waals surface area contributed by atoms with Gasteiger partial charge in [0.2, 0.25) is 0 Å². The third kappa shape index (κ3) is 3.61. The molecule has 0 N–H and O–H groups in total. The monoisotopic (exact) mass is 148 g/mol. The fourth-order valence-corrected chi connectivity index (χ4v) is 0.763. The van der Waals surface area contributed by atoms with Crippen molar-refractivity contribution in [1.82, 2.24) is 0 Å². The van der Waals surface area contributed by atoms with E-state index in [4.69, 9.17) is 0 Å². The summed E-state index contributed by atoms with van der Waals surface area (Å²) >= 11 is 0. The molecule has 0 heterocycles. The van der Waals surface area contributed by atoms with Gasteiger partial charge in [-0.15, -0.1) is 0 Å². The van der Waals surface area contributed by atoms with Crippen molar-refractivity contribution in [3.63, 3.8) is 0 Å². The van der Waals surface area contributed by atoms with Crippen LogP contribution in [-0.4, -0.2) is 0 Å². The molecule has 0 aliphatic heterocycles. The maximum atomic E-state index is 3.84. The molecule has 0 nitrogen and oxygen atoms in total. The molecule has 0 saturated carbocycles. The van der Waals surface area contributed by atoms with Gasteiger partial charge in [-0.1, -0.05) is 51.3 Å². The van der Waals surface area contributed by atoms with Crippen molar-refractivity contribution < 1.29 is 0 Å². The second-order valence-electron chi connectivity index (χ2n) is 2.38. The zero-order valence-corrected chi connectivity index (χ0v) is 7.27. The molecule has 0 spiro atoms. The Morgan fingerprint density at radius 1 is 1.27 bits per heavy atom. The Bertz CT molecular complexity index is 182. The van der Waals surface area contributed by atoms with Crippen molar-refractivity contribution in [3.05, 3.63) is 49.1 Å². The minimum absolute atomic E-state index is 0.952. The highest BCUT2D eigenvalue weighted by molar-refractivity contribution is 5.42. The summed E-state index contributed by atoms with van der Waals surface area (Å²) in [5, 5.41) is 0. The normalized spacial score (nSPS) is 10.8. The van der Waals surface area contributed by atoms with Crippen molar-refractivity contribution >= 4 is 0 Å². The Labute approximate surface area is 69.6 Å². The first-order valence-electron chi connectivity index (χ1n) is 3.90. The maximum Gasteiger partial charge on any atom is -0.0236 e. The highest BCUT2D eigenvalue weighted by Crippen LogP contribution is 2.10. The second-order valence-corrected chi connectivity index (χ2v) is 2.38. The van der Waals surface area contributed by atoms with E-state index in [1.807, 2.05) is 6.08 Å². The fourth-order valence-electron chi connectivity index (χ4n) is 0.763. The Morgan fingerprint density at radius 3 is 2.27 bits per heavy atom. The van der Waals surface area contributed by atoms with Crippen LogP contribution in [0.2, 0.25) is 0 Å². The molecule has 0 atom stereocenters. The van der Waals surface area contributed by atoms with Gasteiger partial charge in [0.05, 0.1) is 0 Å². The first kappa shape index (κ1) is 9.96. The zero-order chi connectivity index (χ0) is 8.69. The van der Waals surface area contributed by atoms with Gasteiger partial charge in [-0.25, -0.2) is 0 Å². The lowest BCUT2D eigenvalue weighted by Gasteiger charge is -1.99. The molecule has 11 heavy (non-hydrogen) atoms. The Morgan fingerprint density at radius 2 is 1.91 bits per heavy atom. The lowest BCUT2D eigenvalue weighted by Crippen LogP contribution is -1.79. The summed E-state index contributed by atoms with van der Waals surface area (Å²) in [6.07, 6.45) is 7.94. The van der Waals surface area contributed by atoms with Crippen LogP contribution < -0.4 is 0 Å². The molecule has 0 aliphatic carbocycles. The molecule has 0 aromatic heterocycles. The van der Waals surface area contributed by atoms with Gasteiger partial charge in [0.1, 0.15) is 0 Å². The number of rotatable bonds is 5. The van der Waals surface area contributed by atoms with Crippen LogP contribution in [0.4, 0.5) is 0 Å². The van der Waals surface area contributed by atoms with Crippen LogP contribution >= 0.6 is 0 Å². The average molecular weight is 148 g/mol. The largest absolute Gasteiger partial charge is 0.0985 e. The number of unbranched alkanes of at least 4 members (excludes halogenated alkanes) is 1. The molecule has 0 bridgehead atoms. The summed E-state index contributed by atoms with van der Waals surface area (Å²) in [6.45, 7) is 13.3. The molecular formula is C11H16. The van der Waals surface area contributed by atoms with Crippen LogP contribution in [0.3, 0.4) is 0 Å². The van der Waals surface area contributed by atoms with Crippen LogP contribution in [0.25, 0.3) is 0 Å². The predicted molar refractivity (Wildman–Crippen MR) is 52.5 cm³/mol. The van der Waals surface area contributed by atoms with Crippen LogP contribution in [-0.2, 0) is 0 Å². The van der Waals surface area contributed by atoms with E-state index in [9.17, 15) is 0 Å². The van der Waals surface area contributed by atoms with Gasteiger partial charge < -0.3 is 0 Å². The SMILES string of the molecule is C=CC(=C)/C(C=C)=C\CCC. The van der Waals surface area contributed by atoms with E-state index < -0.39 is 0 Å².